The summed E-state index contributed by atoms with van der Waals surface area (Å²) in [6.45, 7) is 2.68. The highest BCUT2D eigenvalue weighted by Gasteiger charge is 2.37. The second-order valence-electron chi connectivity index (χ2n) is 6.21. The molecule has 1 heterocycles. The number of halogens is 1. The van der Waals surface area contributed by atoms with Gasteiger partial charge in [0.1, 0.15) is 11.6 Å². The summed E-state index contributed by atoms with van der Waals surface area (Å²) < 4.78 is 18.9. The summed E-state index contributed by atoms with van der Waals surface area (Å²) in [4.78, 5) is 0. The Bertz CT molecular complexity index is 738. The van der Waals surface area contributed by atoms with Crippen molar-refractivity contribution in [1.82, 2.24) is 0 Å². The Morgan fingerprint density at radius 1 is 1.17 bits per heavy atom. The number of anilines is 1. The molecule has 1 N–H and O–H groups in total. The maximum absolute atomic E-state index is 13.2. The Kier molecular flexibility index (Phi) is 3.56. The van der Waals surface area contributed by atoms with Crippen LogP contribution >= 0.6 is 0 Å². The largest absolute Gasteiger partial charge is 0.494 e. The third-order valence-corrected chi connectivity index (χ3v) is 4.87. The first kappa shape index (κ1) is 14.3. The Balaban J connectivity index is 1.72. The number of rotatable bonds is 3. The normalized spacial score (nSPS) is 24.7. The molecule has 0 aromatic heterocycles. The molecule has 1 aliphatic heterocycles. The zero-order valence-electron chi connectivity index (χ0n) is 13.1. The number of hydrogen-bond donors (Lipinski definition) is 1. The molecule has 0 spiro atoms. The van der Waals surface area contributed by atoms with E-state index in [0.717, 1.165) is 23.4 Å². The lowest BCUT2D eigenvalue weighted by Gasteiger charge is -2.37. The summed E-state index contributed by atoms with van der Waals surface area (Å²) in [7, 11) is 0. The third-order valence-electron chi connectivity index (χ3n) is 4.87. The van der Waals surface area contributed by atoms with Gasteiger partial charge in [-0.15, -0.1) is 0 Å². The molecule has 0 fully saturated rings. The number of fused-ring (bicyclic) bond motifs is 3. The Labute approximate surface area is 136 Å². The van der Waals surface area contributed by atoms with Gasteiger partial charge in [-0.25, -0.2) is 4.39 Å². The fraction of sp³-hybridized carbons (Fsp3) is 0.300. The quantitative estimate of drug-likeness (QED) is 0.801. The first-order chi connectivity index (χ1) is 11.3. The maximum Gasteiger partial charge on any atom is 0.123 e. The van der Waals surface area contributed by atoms with Gasteiger partial charge in [-0.05, 0) is 60.7 Å². The summed E-state index contributed by atoms with van der Waals surface area (Å²) in [6, 6.07) is 13.3. The molecule has 0 saturated heterocycles. The Morgan fingerprint density at radius 3 is 2.78 bits per heavy atom. The van der Waals surface area contributed by atoms with Crippen molar-refractivity contribution in [3.8, 4) is 5.75 Å². The van der Waals surface area contributed by atoms with E-state index in [1.165, 1.54) is 5.56 Å². The number of ether oxygens (including phenoxy) is 1. The van der Waals surface area contributed by atoms with E-state index in [4.69, 9.17) is 4.74 Å². The minimum Gasteiger partial charge on any atom is -0.494 e. The molecule has 0 unspecified atom stereocenters. The van der Waals surface area contributed by atoms with Crippen molar-refractivity contribution < 1.29 is 9.13 Å². The van der Waals surface area contributed by atoms with Gasteiger partial charge in [0.25, 0.3) is 0 Å². The Hall–Kier alpha value is -2.29. The second kappa shape index (κ2) is 5.73. The molecule has 1 aliphatic carbocycles. The van der Waals surface area contributed by atoms with Crippen LogP contribution in [0.3, 0.4) is 0 Å². The minimum absolute atomic E-state index is 0.188. The standard InChI is InChI=1S/C20H20FNO/c1-2-23-15-10-11-19-18(12-15)16-4-3-5-17(16)20(22-19)13-6-8-14(21)9-7-13/h3-4,6-12,16-17,20,22H,2,5H2,1H3/t16-,17+,20-/m1/s1. The van der Waals surface area contributed by atoms with Crippen molar-refractivity contribution in [1.29, 1.82) is 0 Å². The highest BCUT2D eigenvalue weighted by atomic mass is 19.1. The van der Waals surface area contributed by atoms with E-state index < -0.39 is 0 Å². The zero-order chi connectivity index (χ0) is 15.8. The van der Waals surface area contributed by atoms with E-state index >= 15 is 0 Å². The smallest absolute Gasteiger partial charge is 0.123 e. The monoisotopic (exact) mass is 309 g/mol. The van der Waals surface area contributed by atoms with Gasteiger partial charge in [0.15, 0.2) is 0 Å². The predicted molar refractivity (Wildman–Crippen MR) is 90.4 cm³/mol. The lowest BCUT2D eigenvalue weighted by Crippen LogP contribution is -2.29. The summed E-state index contributed by atoms with van der Waals surface area (Å²) in [5, 5.41) is 3.66. The summed E-state index contributed by atoms with van der Waals surface area (Å²) in [5.74, 6) is 1.59. The molecular formula is C20H20FNO. The van der Waals surface area contributed by atoms with Gasteiger partial charge in [-0.3, -0.25) is 0 Å². The topological polar surface area (TPSA) is 21.3 Å². The molecular weight excluding hydrogens is 289 g/mol. The van der Waals surface area contributed by atoms with Gasteiger partial charge in [0.2, 0.25) is 0 Å². The molecule has 23 heavy (non-hydrogen) atoms. The molecule has 2 nitrogen and oxygen atoms in total. The molecule has 0 amide bonds. The average molecular weight is 309 g/mol. The van der Waals surface area contributed by atoms with Crippen molar-refractivity contribution in [3.63, 3.8) is 0 Å². The van der Waals surface area contributed by atoms with Crippen molar-refractivity contribution in [3.05, 3.63) is 71.6 Å². The molecule has 4 rings (SSSR count). The van der Waals surface area contributed by atoms with Gasteiger partial charge in [-0.2, -0.15) is 0 Å². The lowest BCUT2D eigenvalue weighted by atomic mass is 9.77. The highest BCUT2D eigenvalue weighted by Crippen LogP contribution is 2.50. The highest BCUT2D eigenvalue weighted by molar-refractivity contribution is 5.61. The van der Waals surface area contributed by atoms with E-state index in [1.807, 2.05) is 25.1 Å². The van der Waals surface area contributed by atoms with Crippen molar-refractivity contribution in [2.45, 2.75) is 25.3 Å². The number of allylic oxidation sites excluding steroid dienone is 2. The van der Waals surface area contributed by atoms with E-state index in [2.05, 4.69) is 29.6 Å². The third kappa shape index (κ3) is 2.50. The van der Waals surface area contributed by atoms with Gasteiger partial charge in [0, 0.05) is 11.6 Å². The molecule has 2 aliphatic rings. The molecule has 0 radical (unpaired) electrons. The van der Waals surface area contributed by atoms with Crippen LogP contribution in [0.1, 0.15) is 36.4 Å². The van der Waals surface area contributed by atoms with E-state index in [9.17, 15) is 4.39 Å². The van der Waals surface area contributed by atoms with Gasteiger partial charge >= 0.3 is 0 Å². The second-order valence-corrected chi connectivity index (χ2v) is 6.21. The molecule has 2 aromatic rings. The van der Waals surface area contributed by atoms with Crippen LogP contribution < -0.4 is 10.1 Å². The summed E-state index contributed by atoms with van der Waals surface area (Å²) >= 11 is 0. The van der Waals surface area contributed by atoms with E-state index in [1.54, 1.807) is 12.1 Å². The number of nitrogens with one attached hydrogen (secondary N) is 1. The van der Waals surface area contributed by atoms with Crippen molar-refractivity contribution in [2.75, 3.05) is 11.9 Å². The molecule has 3 heteroatoms. The van der Waals surface area contributed by atoms with E-state index in [0.29, 0.717) is 18.4 Å². The molecule has 0 bridgehead atoms. The molecule has 0 saturated carbocycles. The molecule has 3 atom stereocenters. The van der Waals surface area contributed by atoms with Crippen LogP contribution in [0.25, 0.3) is 0 Å². The van der Waals surface area contributed by atoms with Gasteiger partial charge in [-0.1, -0.05) is 24.3 Å². The van der Waals surface area contributed by atoms with Crippen LogP contribution in [0, 0.1) is 11.7 Å². The SMILES string of the molecule is CCOc1ccc2c(c1)[C@@H]1C=CC[C@@H]1[C@@H](c1ccc(F)cc1)N2. The molecule has 118 valence electrons. The summed E-state index contributed by atoms with van der Waals surface area (Å²) in [6.07, 6.45) is 5.60. The lowest BCUT2D eigenvalue weighted by molar-refractivity contribution is 0.338. The van der Waals surface area contributed by atoms with Gasteiger partial charge < -0.3 is 10.1 Å². The Morgan fingerprint density at radius 2 is 2.00 bits per heavy atom. The number of benzene rings is 2. The number of hydrogen-bond acceptors (Lipinski definition) is 2. The minimum atomic E-state index is -0.188. The first-order valence-corrected chi connectivity index (χ1v) is 8.21. The van der Waals surface area contributed by atoms with Crippen molar-refractivity contribution >= 4 is 5.69 Å². The van der Waals surface area contributed by atoms with Gasteiger partial charge in [0.05, 0.1) is 12.6 Å². The van der Waals surface area contributed by atoms with Crippen LogP contribution in [0.5, 0.6) is 5.75 Å². The van der Waals surface area contributed by atoms with Crippen LogP contribution in [-0.2, 0) is 0 Å². The average Bonchev–Trinajstić information content (AvgIpc) is 3.05. The maximum atomic E-state index is 13.2. The fourth-order valence-corrected chi connectivity index (χ4v) is 3.83. The van der Waals surface area contributed by atoms with Crippen LogP contribution in [0.15, 0.2) is 54.6 Å². The molecule has 2 aromatic carbocycles. The fourth-order valence-electron chi connectivity index (χ4n) is 3.83. The van der Waals surface area contributed by atoms with Crippen LogP contribution in [-0.4, -0.2) is 6.61 Å². The predicted octanol–water partition coefficient (Wildman–Crippen LogP) is 5.05. The zero-order valence-corrected chi connectivity index (χ0v) is 13.1. The van der Waals surface area contributed by atoms with E-state index in [-0.39, 0.29) is 11.9 Å². The first-order valence-electron chi connectivity index (χ1n) is 8.21. The summed E-state index contributed by atoms with van der Waals surface area (Å²) in [5.41, 5.74) is 3.59. The van der Waals surface area contributed by atoms with Crippen molar-refractivity contribution in [2.24, 2.45) is 5.92 Å². The van der Waals surface area contributed by atoms with Crippen LogP contribution in [0.4, 0.5) is 10.1 Å². The van der Waals surface area contributed by atoms with Crippen LogP contribution in [0.2, 0.25) is 0 Å².